The fourth-order valence-electron chi connectivity index (χ4n) is 4.23. The number of rotatable bonds is 5. The van der Waals surface area contributed by atoms with Gasteiger partial charge in [0.2, 0.25) is 5.88 Å². The molecule has 1 fully saturated rings. The lowest BCUT2D eigenvalue weighted by molar-refractivity contribution is 0.0711. The number of likely N-dealkylation sites (tertiary alicyclic amines) is 1. The molecule has 3 aromatic heterocycles. The van der Waals surface area contributed by atoms with Gasteiger partial charge in [-0.05, 0) is 37.5 Å². The van der Waals surface area contributed by atoms with Gasteiger partial charge in [0.05, 0.1) is 17.4 Å². The number of oxazole rings is 1. The SMILES string of the molecule is COCc1nc(OC)c2c(C)c(C(=O)N3CCC(c4nc5ccccc5o4)CC3)sc2n1. The number of methoxy groups -OCH3 is 2. The maximum atomic E-state index is 13.4. The van der Waals surface area contributed by atoms with Crippen LogP contribution in [0.1, 0.15) is 45.7 Å². The molecule has 8 nitrogen and oxygen atoms in total. The van der Waals surface area contributed by atoms with Crippen molar-refractivity contribution in [1.29, 1.82) is 0 Å². The standard InChI is InChI=1S/C23H24N4O4S/c1-13-18-21(30-3)25-17(12-29-2)26-22(18)32-19(13)23(28)27-10-8-14(9-11-27)20-24-15-6-4-5-7-16(15)31-20/h4-7,14H,8-12H2,1-3H3. The largest absolute Gasteiger partial charge is 0.480 e. The molecule has 0 bridgehead atoms. The first-order valence-electron chi connectivity index (χ1n) is 10.6. The molecule has 1 aliphatic rings. The predicted molar refractivity (Wildman–Crippen MR) is 121 cm³/mol. The highest BCUT2D eigenvalue weighted by Crippen LogP contribution is 2.37. The lowest BCUT2D eigenvalue weighted by atomic mass is 9.96. The number of carbonyl (C=O) groups is 1. The number of benzene rings is 1. The second-order valence-corrected chi connectivity index (χ2v) is 8.90. The van der Waals surface area contributed by atoms with E-state index < -0.39 is 0 Å². The summed E-state index contributed by atoms with van der Waals surface area (Å²) in [6, 6.07) is 7.80. The summed E-state index contributed by atoms with van der Waals surface area (Å²) in [7, 11) is 3.17. The summed E-state index contributed by atoms with van der Waals surface area (Å²) >= 11 is 1.39. The van der Waals surface area contributed by atoms with Crippen LogP contribution in [0, 0.1) is 6.92 Å². The molecule has 0 unspecified atom stereocenters. The number of carbonyl (C=O) groups excluding carboxylic acids is 1. The van der Waals surface area contributed by atoms with Crippen LogP contribution in [0.2, 0.25) is 0 Å². The fraction of sp³-hybridized carbons (Fsp3) is 0.391. The Balaban J connectivity index is 1.36. The van der Waals surface area contributed by atoms with E-state index in [0.717, 1.165) is 45.6 Å². The first-order chi connectivity index (χ1) is 15.6. The van der Waals surface area contributed by atoms with Gasteiger partial charge in [-0.15, -0.1) is 11.3 Å². The van der Waals surface area contributed by atoms with Crippen molar-refractivity contribution < 1.29 is 18.7 Å². The molecule has 0 spiro atoms. The Morgan fingerprint density at radius 3 is 2.69 bits per heavy atom. The van der Waals surface area contributed by atoms with E-state index in [1.807, 2.05) is 36.1 Å². The molecule has 4 aromatic rings. The normalized spacial score (nSPS) is 15.0. The second kappa shape index (κ2) is 8.48. The molecule has 0 atom stereocenters. The number of hydrogen-bond acceptors (Lipinski definition) is 8. The van der Waals surface area contributed by atoms with E-state index in [1.165, 1.54) is 11.3 Å². The number of aromatic nitrogens is 3. The van der Waals surface area contributed by atoms with Crippen molar-refractivity contribution in [3.63, 3.8) is 0 Å². The van der Waals surface area contributed by atoms with Crippen molar-refractivity contribution in [3.8, 4) is 5.88 Å². The quantitative estimate of drug-likeness (QED) is 0.445. The molecule has 0 saturated carbocycles. The van der Waals surface area contributed by atoms with Gasteiger partial charge in [0, 0.05) is 26.1 Å². The summed E-state index contributed by atoms with van der Waals surface area (Å²) in [6.45, 7) is 3.54. The van der Waals surface area contributed by atoms with E-state index in [2.05, 4.69) is 15.0 Å². The number of thiophene rings is 1. The number of fused-ring (bicyclic) bond motifs is 2. The lowest BCUT2D eigenvalue weighted by Gasteiger charge is -2.30. The Labute approximate surface area is 189 Å². The van der Waals surface area contributed by atoms with Gasteiger partial charge in [0.25, 0.3) is 5.91 Å². The van der Waals surface area contributed by atoms with Gasteiger partial charge >= 0.3 is 0 Å². The van der Waals surface area contributed by atoms with Crippen LogP contribution >= 0.6 is 11.3 Å². The summed E-state index contributed by atoms with van der Waals surface area (Å²) < 4.78 is 16.6. The molecule has 1 amide bonds. The number of aryl methyl sites for hydroxylation is 1. The molecule has 0 radical (unpaired) electrons. The Hall–Kier alpha value is -3.04. The third kappa shape index (κ3) is 3.61. The van der Waals surface area contributed by atoms with Crippen molar-refractivity contribution in [1.82, 2.24) is 19.9 Å². The molecule has 4 heterocycles. The summed E-state index contributed by atoms with van der Waals surface area (Å²) in [5.41, 5.74) is 2.55. The summed E-state index contributed by atoms with van der Waals surface area (Å²) in [6.07, 6.45) is 1.65. The first kappa shape index (κ1) is 20.8. The third-order valence-corrected chi connectivity index (χ3v) is 7.08. The van der Waals surface area contributed by atoms with Gasteiger partial charge in [-0.3, -0.25) is 4.79 Å². The summed E-state index contributed by atoms with van der Waals surface area (Å²) in [5, 5.41) is 0.794. The summed E-state index contributed by atoms with van der Waals surface area (Å²) in [5.74, 6) is 2.03. The molecule has 1 aromatic carbocycles. The van der Waals surface area contributed by atoms with Crippen LogP contribution in [0.4, 0.5) is 0 Å². The van der Waals surface area contributed by atoms with E-state index in [1.54, 1.807) is 14.2 Å². The van der Waals surface area contributed by atoms with Gasteiger partial charge < -0.3 is 18.8 Å². The fourth-order valence-corrected chi connectivity index (χ4v) is 5.39. The molecule has 1 saturated heterocycles. The average Bonchev–Trinajstić information content (AvgIpc) is 3.40. The number of nitrogens with zero attached hydrogens (tertiary/aromatic N) is 4. The predicted octanol–water partition coefficient (Wildman–Crippen LogP) is 4.32. The first-order valence-corrected chi connectivity index (χ1v) is 11.4. The Bertz CT molecular complexity index is 1260. The highest BCUT2D eigenvalue weighted by molar-refractivity contribution is 7.20. The van der Waals surface area contributed by atoms with Gasteiger partial charge in [-0.1, -0.05) is 12.1 Å². The van der Waals surface area contributed by atoms with Crippen molar-refractivity contribution >= 4 is 38.6 Å². The van der Waals surface area contributed by atoms with Gasteiger partial charge in [-0.2, -0.15) is 4.98 Å². The monoisotopic (exact) mass is 452 g/mol. The van der Waals surface area contributed by atoms with Crippen LogP contribution in [0.3, 0.4) is 0 Å². The summed E-state index contributed by atoms with van der Waals surface area (Å²) in [4.78, 5) is 30.3. The van der Waals surface area contributed by atoms with Crippen molar-refractivity contribution in [2.75, 3.05) is 27.3 Å². The minimum atomic E-state index is 0.0249. The van der Waals surface area contributed by atoms with Gasteiger partial charge in [-0.25, -0.2) is 9.97 Å². The number of piperidine rings is 1. The zero-order valence-electron chi connectivity index (χ0n) is 18.3. The molecule has 0 aliphatic carbocycles. The van der Waals surface area contributed by atoms with E-state index in [-0.39, 0.29) is 18.4 Å². The molecule has 166 valence electrons. The average molecular weight is 453 g/mol. The van der Waals surface area contributed by atoms with E-state index in [0.29, 0.717) is 29.7 Å². The zero-order valence-corrected chi connectivity index (χ0v) is 19.1. The topological polar surface area (TPSA) is 90.6 Å². The Morgan fingerprint density at radius 2 is 1.97 bits per heavy atom. The van der Waals surface area contributed by atoms with Crippen LogP contribution in [0.25, 0.3) is 21.3 Å². The molecule has 9 heteroatoms. The highest BCUT2D eigenvalue weighted by Gasteiger charge is 2.30. The van der Waals surface area contributed by atoms with Gasteiger partial charge in [0.15, 0.2) is 17.3 Å². The number of para-hydroxylation sites is 2. The van der Waals surface area contributed by atoms with E-state index in [9.17, 15) is 4.79 Å². The zero-order chi connectivity index (χ0) is 22.2. The molecule has 5 rings (SSSR count). The molecule has 0 N–H and O–H groups in total. The van der Waals surface area contributed by atoms with Crippen LogP contribution in [0.15, 0.2) is 28.7 Å². The van der Waals surface area contributed by atoms with Crippen LogP contribution in [0.5, 0.6) is 5.88 Å². The van der Waals surface area contributed by atoms with Crippen LogP contribution < -0.4 is 4.74 Å². The van der Waals surface area contributed by atoms with Crippen LogP contribution in [-0.2, 0) is 11.3 Å². The van der Waals surface area contributed by atoms with Gasteiger partial charge in [0.1, 0.15) is 17.0 Å². The maximum absolute atomic E-state index is 13.4. The highest BCUT2D eigenvalue weighted by atomic mass is 32.1. The Morgan fingerprint density at radius 1 is 1.19 bits per heavy atom. The van der Waals surface area contributed by atoms with Crippen molar-refractivity contribution in [2.24, 2.45) is 0 Å². The number of amides is 1. The second-order valence-electron chi connectivity index (χ2n) is 7.90. The minimum absolute atomic E-state index is 0.0249. The van der Waals surface area contributed by atoms with Crippen molar-refractivity contribution in [3.05, 3.63) is 46.4 Å². The number of hydrogen-bond donors (Lipinski definition) is 0. The molecule has 32 heavy (non-hydrogen) atoms. The molecular weight excluding hydrogens is 428 g/mol. The van der Waals surface area contributed by atoms with E-state index in [4.69, 9.17) is 13.9 Å². The maximum Gasteiger partial charge on any atom is 0.264 e. The smallest absolute Gasteiger partial charge is 0.264 e. The minimum Gasteiger partial charge on any atom is -0.480 e. The van der Waals surface area contributed by atoms with Crippen molar-refractivity contribution in [2.45, 2.75) is 32.3 Å². The Kier molecular flexibility index (Phi) is 5.52. The van der Waals surface area contributed by atoms with Crippen LogP contribution in [-0.4, -0.2) is 53.1 Å². The lowest BCUT2D eigenvalue weighted by Crippen LogP contribution is -2.37. The molecular formula is C23H24N4O4S. The third-order valence-electron chi connectivity index (χ3n) is 5.91. The number of ether oxygens (including phenoxy) is 2. The van der Waals surface area contributed by atoms with E-state index >= 15 is 0 Å². The molecule has 1 aliphatic heterocycles.